The lowest BCUT2D eigenvalue weighted by molar-refractivity contribution is 0.222. The van der Waals surface area contributed by atoms with E-state index in [1.165, 1.54) is 32.9 Å². The Morgan fingerprint density at radius 1 is 0.800 bits per heavy atom. The standard InChI is InChI=1S/C25H31N3O4S3/c1-18-15-19(2)17-28(16-18)35(31,32)22-9-7-21(8-10-22)34(29,30)27-13-11-20(12-14-27)25-26-23-5-3-4-6-24(23)33-25/h3-10,18-20H,11-17H2,1-2H3/t18-,19-/m1/s1. The molecule has 5 rings (SSSR count). The molecule has 2 aliphatic heterocycles. The van der Waals surface area contributed by atoms with Gasteiger partial charge in [-0.05, 0) is 67.5 Å². The summed E-state index contributed by atoms with van der Waals surface area (Å²) in [5, 5.41) is 1.07. The van der Waals surface area contributed by atoms with Crippen LogP contribution in [0, 0.1) is 11.8 Å². The van der Waals surface area contributed by atoms with E-state index in [4.69, 9.17) is 4.98 Å². The maximum atomic E-state index is 13.3. The molecule has 188 valence electrons. The van der Waals surface area contributed by atoms with Crippen LogP contribution in [0.4, 0.5) is 0 Å². The summed E-state index contributed by atoms with van der Waals surface area (Å²) in [7, 11) is -7.33. The van der Waals surface area contributed by atoms with Crippen LogP contribution in [-0.2, 0) is 20.0 Å². The Labute approximate surface area is 211 Å². The van der Waals surface area contributed by atoms with E-state index in [-0.39, 0.29) is 15.7 Å². The molecule has 35 heavy (non-hydrogen) atoms. The summed E-state index contributed by atoms with van der Waals surface area (Å²) in [6, 6.07) is 13.8. The zero-order valence-corrected chi connectivity index (χ0v) is 22.4. The summed E-state index contributed by atoms with van der Waals surface area (Å²) in [5.74, 6) is 0.860. The normalized spacial score (nSPS) is 23.6. The number of nitrogens with zero attached hydrogens (tertiary/aromatic N) is 3. The van der Waals surface area contributed by atoms with Gasteiger partial charge in [0.2, 0.25) is 20.0 Å². The SMILES string of the molecule is C[C@@H]1C[C@@H](C)CN(S(=O)(=O)c2ccc(S(=O)(=O)N3CCC(c4nc5ccccc5s4)CC3)cc2)C1. The van der Waals surface area contributed by atoms with Crippen LogP contribution in [0.25, 0.3) is 10.2 Å². The minimum atomic E-state index is -3.69. The van der Waals surface area contributed by atoms with Gasteiger partial charge in [0.15, 0.2) is 0 Å². The lowest BCUT2D eigenvalue weighted by Gasteiger charge is -2.34. The first-order valence-electron chi connectivity index (χ1n) is 12.1. The predicted molar refractivity (Wildman–Crippen MR) is 138 cm³/mol. The number of aromatic nitrogens is 1. The summed E-state index contributed by atoms with van der Waals surface area (Å²) in [5.41, 5.74) is 0.992. The van der Waals surface area contributed by atoms with Crippen molar-refractivity contribution in [2.75, 3.05) is 26.2 Å². The van der Waals surface area contributed by atoms with E-state index in [2.05, 4.69) is 19.9 Å². The Kier molecular flexibility index (Phi) is 6.78. The van der Waals surface area contributed by atoms with Crippen LogP contribution in [0.5, 0.6) is 0 Å². The molecule has 1 aromatic heterocycles. The Balaban J connectivity index is 1.28. The lowest BCUT2D eigenvalue weighted by atomic mass is 9.94. The summed E-state index contributed by atoms with van der Waals surface area (Å²) in [4.78, 5) is 5.03. The number of thiazole rings is 1. The topological polar surface area (TPSA) is 87.7 Å². The molecule has 2 fully saturated rings. The molecule has 0 amide bonds. The highest BCUT2D eigenvalue weighted by atomic mass is 32.2. The average Bonchev–Trinajstić information content (AvgIpc) is 3.28. The number of benzene rings is 2. The third kappa shape index (κ3) is 4.91. The molecule has 0 radical (unpaired) electrons. The van der Waals surface area contributed by atoms with Crippen LogP contribution in [0.3, 0.4) is 0 Å². The first-order chi connectivity index (χ1) is 16.6. The second kappa shape index (κ2) is 9.55. The first-order valence-corrected chi connectivity index (χ1v) is 15.8. The fourth-order valence-corrected chi connectivity index (χ4v) is 9.58. The smallest absolute Gasteiger partial charge is 0.241 e. The number of sulfonamides is 2. The van der Waals surface area contributed by atoms with Gasteiger partial charge in [-0.25, -0.2) is 21.8 Å². The molecule has 2 aromatic carbocycles. The number of para-hydroxylation sites is 1. The Morgan fingerprint density at radius 3 is 1.91 bits per heavy atom. The zero-order valence-electron chi connectivity index (χ0n) is 20.0. The quantitative estimate of drug-likeness (QED) is 0.481. The third-order valence-electron chi connectivity index (χ3n) is 7.05. The number of piperidine rings is 2. The van der Waals surface area contributed by atoms with Gasteiger partial charge in [-0.2, -0.15) is 8.61 Å². The molecule has 3 aromatic rings. The minimum absolute atomic E-state index is 0.135. The van der Waals surface area contributed by atoms with Crippen molar-refractivity contribution in [3.05, 3.63) is 53.5 Å². The molecule has 0 bridgehead atoms. The zero-order chi connectivity index (χ0) is 24.8. The van der Waals surface area contributed by atoms with Crippen molar-refractivity contribution in [1.29, 1.82) is 0 Å². The minimum Gasteiger partial charge on any atom is -0.241 e. The molecular weight excluding hydrogens is 502 g/mol. The number of rotatable bonds is 5. The highest BCUT2D eigenvalue weighted by molar-refractivity contribution is 7.89. The van der Waals surface area contributed by atoms with Gasteiger partial charge in [-0.3, -0.25) is 0 Å². The number of fused-ring (bicyclic) bond motifs is 1. The van der Waals surface area contributed by atoms with E-state index in [1.807, 2.05) is 18.2 Å². The molecule has 2 aliphatic rings. The van der Waals surface area contributed by atoms with E-state index >= 15 is 0 Å². The monoisotopic (exact) mass is 533 g/mol. The van der Waals surface area contributed by atoms with Crippen LogP contribution >= 0.6 is 11.3 Å². The molecule has 10 heteroatoms. The van der Waals surface area contributed by atoms with Crippen LogP contribution in [-0.4, -0.2) is 56.6 Å². The first kappa shape index (κ1) is 24.8. The van der Waals surface area contributed by atoms with Crippen molar-refractivity contribution in [2.24, 2.45) is 11.8 Å². The van der Waals surface area contributed by atoms with Crippen LogP contribution < -0.4 is 0 Å². The van der Waals surface area contributed by atoms with Gasteiger partial charge in [0, 0.05) is 32.1 Å². The van der Waals surface area contributed by atoms with Crippen molar-refractivity contribution in [1.82, 2.24) is 13.6 Å². The van der Waals surface area contributed by atoms with E-state index in [0.717, 1.165) is 34.5 Å². The van der Waals surface area contributed by atoms with Gasteiger partial charge in [0.25, 0.3) is 0 Å². The van der Waals surface area contributed by atoms with Crippen molar-refractivity contribution in [2.45, 2.75) is 48.8 Å². The molecule has 2 saturated heterocycles. The van der Waals surface area contributed by atoms with Crippen LogP contribution in [0.15, 0.2) is 58.3 Å². The summed E-state index contributed by atoms with van der Waals surface area (Å²) >= 11 is 1.68. The molecule has 2 atom stereocenters. The Hall–Kier alpha value is -1.85. The van der Waals surface area contributed by atoms with Crippen LogP contribution in [0.2, 0.25) is 0 Å². The summed E-state index contributed by atoms with van der Waals surface area (Å²) in [6.07, 6.45) is 2.45. The van der Waals surface area contributed by atoms with Gasteiger partial charge in [-0.15, -0.1) is 11.3 Å². The fourth-order valence-electron chi connectivity index (χ4n) is 5.29. The molecule has 3 heterocycles. The van der Waals surface area contributed by atoms with Gasteiger partial charge in [0.05, 0.1) is 25.0 Å². The average molecular weight is 534 g/mol. The fraction of sp³-hybridized carbons (Fsp3) is 0.480. The van der Waals surface area contributed by atoms with Crippen molar-refractivity contribution in [3.63, 3.8) is 0 Å². The lowest BCUT2D eigenvalue weighted by Crippen LogP contribution is -2.42. The molecule has 7 nitrogen and oxygen atoms in total. The van der Waals surface area contributed by atoms with Gasteiger partial charge in [0.1, 0.15) is 0 Å². The molecule has 0 unspecified atom stereocenters. The molecule has 0 N–H and O–H groups in total. The maximum Gasteiger partial charge on any atom is 0.243 e. The molecule has 0 spiro atoms. The van der Waals surface area contributed by atoms with E-state index in [0.29, 0.717) is 38.0 Å². The summed E-state index contributed by atoms with van der Waals surface area (Å²) in [6.45, 7) is 5.97. The predicted octanol–water partition coefficient (Wildman–Crippen LogP) is 4.53. The van der Waals surface area contributed by atoms with E-state index in [9.17, 15) is 16.8 Å². The molecule has 0 saturated carbocycles. The van der Waals surface area contributed by atoms with Crippen LogP contribution in [0.1, 0.15) is 44.0 Å². The van der Waals surface area contributed by atoms with Gasteiger partial charge >= 0.3 is 0 Å². The maximum absolute atomic E-state index is 13.3. The van der Waals surface area contributed by atoms with E-state index < -0.39 is 20.0 Å². The van der Waals surface area contributed by atoms with Crippen molar-refractivity contribution in [3.8, 4) is 0 Å². The van der Waals surface area contributed by atoms with Crippen molar-refractivity contribution >= 4 is 41.6 Å². The molecule has 0 aliphatic carbocycles. The largest absolute Gasteiger partial charge is 0.243 e. The summed E-state index contributed by atoms with van der Waals surface area (Å²) < 4.78 is 57.0. The molecular formula is C25H31N3O4S3. The highest BCUT2D eigenvalue weighted by Crippen LogP contribution is 2.35. The highest BCUT2D eigenvalue weighted by Gasteiger charge is 2.34. The second-order valence-corrected chi connectivity index (χ2v) is 14.9. The Morgan fingerprint density at radius 2 is 1.34 bits per heavy atom. The number of hydrogen-bond acceptors (Lipinski definition) is 6. The van der Waals surface area contributed by atoms with Gasteiger partial charge in [-0.1, -0.05) is 26.0 Å². The second-order valence-electron chi connectivity index (χ2n) is 9.94. The van der Waals surface area contributed by atoms with Gasteiger partial charge < -0.3 is 0 Å². The third-order valence-corrected chi connectivity index (χ3v) is 12.0. The van der Waals surface area contributed by atoms with Crippen molar-refractivity contribution < 1.29 is 16.8 Å². The van der Waals surface area contributed by atoms with E-state index in [1.54, 1.807) is 11.3 Å². The Bertz CT molecular complexity index is 1370. The number of hydrogen-bond donors (Lipinski definition) is 0.